The van der Waals surface area contributed by atoms with Crippen molar-refractivity contribution in [2.75, 3.05) is 11.9 Å². The summed E-state index contributed by atoms with van der Waals surface area (Å²) in [5, 5.41) is 6.37. The van der Waals surface area contributed by atoms with E-state index in [-0.39, 0.29) is 0 Å². The minimum absolute atomic E-state index is 0.596. The zero-order valence-electron chi connectivity index (χ0n) is 14.5. The number of rotatable bonds is 5. The fraction of sp³-hybridized carbons (Fsp3) is 0.211. The first kappa shape index (κ1) is 18.2. The highest BCUT2D eigenvalue weighted by Gasteiger charge is 2.13. The molecule has 0 saturated heterocycles. The van der Waals surface area contributed by atoms with Gasteiger partial charge in [0.1, 0.15) is 5.75 Å². The van der Waals surface area contributed by atoms with Crippen LogP contribution < -0.4 is 15.5 Å². The van der Waals surface area contributed by atoms with Gasteiger partial charge in [0, 0.05) is 5.69 Å². The van der Waals surface area contributed by atoms with Gasteiger partial charge in [0.25, 0.3) is 0 Å². The van der Waals surface area contributed by atoms with Crippen molar-refractivity contribution in [1.29, 1.82) is 0 Å². The van der Waals surface area contributed by atoms with E-state index in [1.807, 2.05) is 39.0 Å². The number of carbonyl (C=O) groups excluding carboxylic acids is 2. The van der Waals surface area contributed by atoms with E-state index >= 15 is 0 Å². The SMILES string of the molecule is CCOc1ccc(/C=N/NC(=O)C(=O)Nc2cc(C)ccc2C)cc1. The number of ether oxygens (including phenoxy) is 1. The average Bonchev–Trinajstić information content (AvgIpc) is 2.59. The number of nitrogens with zero attached hydrogens (tertiary/aromatic N) is 1. The van der Waals surface area contributed by atoms with Gasteiger partial charge in [0.05, 0.1) is 12.8 Å². The van der Waals surface area contributed by atoms with Gasteiger partial charge in [0.2, 0.25) is 0 Å². The largest absolute Gasteiger partial charge is 0.494 e. The zero-order valence-corrected chi connectivity index (χ0v) is 14.5. The highest BCUT2D eigenvalue weighted by molar-refractivity contribution is 6.39. The summed E-state index contributed by atoms with van der Waals surface area (Å²) in [5.41, 5.74) is 5.47. The summed E-state index contributed by atoms with van der Waals surface area (Å²) in [7, 11) is 0. The van der Waals surface area contributed by atoms with Crippen LogP contribution in [0.1, 0.15) is 23.6 Å². The fourth-order valence-corrected chi connectivity index (χ4v) is 2.08. The molecule has 0 atom stereocenters. The number of amides is 2. The second-order valence-electron chi connectivity index (χ2n) is 5.47. The van der Waals surface area contributed by atoms with Crippen molar-refractivity contribution in [1.82, 2.24) is 5.43 Å². The molecule has 2 amide bonds. The molecule has 0 aliphatic heterocycles. The molecular weight excluding hydrogens is 318 g/mol. The summed E-state index contributed by atoms with van der Waals surface area (Å²) in [4.78, 5) is 23.7. The van der Waals surface area contributed by atoms with E-state index in [0.29, 0.717) is 12.3 Å². The first-order valence-electron chi connectivity index (χ1n) is 7.94. The minimum Gasteiger partial charge on any atom is -0.494 e. The molecule has 0 fully saturated rings. The molecule has 0 bridgehead atoms. The second kappa shape index (κ2) is 8.63. The Morgan fingerprint density at radius 1 is 1.08 bits per heavy atom. The molecule has 130 valence electrons. The summed E-state index contributed by atoms with van der Waals surface area (Å²) >= 11 is 0. The van der Waals surface area contributed by atoms with Gasteiger partial charge in [0.15, 0.2) is 0 Å². The molecule has 6 nitrogen and oxygen atoms in total. The van der Waals surface area contributed by atoms with E-state index in [1.54, 1.807) is 24.3 Å². The summed E-state index contributed by atoms with van der Waals surface area (Å²) in [6, 6.07) is 12.8. The van der Waals surface area contributed by atoms with Gasteiger partial charge in [-0.15, -0.1) is 0 Å². The van der Waals surface area contributed by atoms with Crippen LogP contribution >= 0.6 is 0 Å². The van der Waals surface area contributed by atoms with Gasteiger partial charge in [-0.1, -0.05) is 12.1 Å². The van der Waals surface area contributed by atoms with Crippen molar-refractivity contribution >= 4 is 23.7 Å². The van der Waals surface area contributed by atoms with Crippen molar-refractivity contribution in [3.8, 4) is 5.75 Å². The first-order chi connectivity index (χ1) is 12.0. The van der Waals surface area contributed by atoms with Crippen molar-refractivity contribution in [2.24, 2.45) is 5.10 Å². The number of aryl methyl sites for hydroxylation is 2. The monoisotopic (exact) mass is 339 g/mol. The number of hydrogen-bond acceptors (Lipinski definition) is 4. The smallest absolute Gasteiger partial charge is 0.329 e. The maximum Gasteiger partial charge on any atom is 0.329 e. The maximum atomic E-state index is 11.9. The summed E-state index contributed by atoms with van der Waals surface area (Å²) in [6.07, 6.45) is 1.46. The van der Waals surface area contributed by atoms with Crippen LogP contribution in [0.15, 0.2) is 47.6 Å². The van der Waals surface area contributed by atoms with Crippen LogP contribution in [0.3, 0.4) is 0 Å². The number of benzene rings is 2. The third-order valence-electron chi connectivity index (χ3n) is 3.42. The van der Waals surface area contributed by atoms with Crippen LogP contribution in [0.4, 0.5) is 5.69 Å². The summed E-state index contributed by atoms with van der Waals surface area (Å²) in [5.74, 6) is -0.836. The Kier molecular flexibility index (Phi) is 6.28. The molecule has 0 heterocycles. The van der Waals surface area contributed by atoms with E-state index in [1.165, 1.54) is 6.21 Å². The van der Waals surface area contributed by atoms with Gasteiger partial charge in [-0.05, 0) is 67.8 Å². The average molecular weight is 339 g/mol. The molecule has 0 saturated carbocycles. The van der Waals surface area contributed by atoms with E-state index < -0.39 is 11.8 Å². The number of nitrogens with one attached hydrogen (secondary N) is 2. The standard InChI is InChI=1S/C19H21N3O3/c1-4-25-16-9-7-15(8-10-16)12-20-22-19(24)18(23)21-17-11-13(2)5-6-14(17)3/h5-12H,4H2,1-3H3,(H,21,23)(H,22,24)/b20-12+. The topological polar surface area (TPSA) is 79.8 Å². The summed E-state index contributed by atoms with van der Waals surface area (Å²) < 4.78 is 5.34. The molecule has 6 heteroatoms. The summed E-state index contributed by atoms with van der Waals surface area (Å²) in [6.45, 7) is 6.28. The molecule has 2 aromatic rings. The van der Waals surface area contributed by atoms with E-state index in [9.17, 15) is 9.59 Å². The quantitative estimate of drug-likeness (QED) is 0.499. The Morgan fingerprint density at radius 3 is 2.48 bits per heavy atom. The molecule has 0 aliphatic carbocycles. The van der Waals surface area contributed by atoms with Crippen LogP contribution in [0.5, 0.6) is 5.75 Å². The molecule has 0 radical (unpaired) electrons. The van der Waals surface area contributed by atoms with Crippen molar-refractivity contribution in [3.05, 3.63) is 59.2 Å². The fourth-order valence-electron chi connectivity index (χ4n) is 2.08. The Morgan fingerprint density at radius 2 is 1.80 bits per heavy atom. The van der Waals surface area contributed by atoms with Crippen LogP contribution in [-0.4, -0.2) is 24.6 Å². The van der Waals surface area contributed by atoms with Crippen LogP contribution in [-0.2, 0) is 9.59 Å². The van der Waals surface area contributed by atoms with Gasteiger partial charge >= 0.3 is 11.8 Å². The minimum atomic E-state index is -0.830. The predicted octanol–water partition coefficient (Wildman–Crippen LogP) is 2.79. The van der Waals surface area contributed by atoms with Gasteiger partial charge in [-0.3, -0.25) is 9.59 Å². The Labute approximate surface area is 146 Å². The Hall–Kier alpha value is -3.15. The molecule has 2 aromatic carbocycles. The first-order valence-corrected chi connectivity index (χ1v) is 7.94. The molecule has 0 spiro atoms. The molecule has 2 rings (SSSR count). The number of anilines is 1. The maximum absolute atomic E-state index is 11.9. The van der Waals surface area contributed by atoms with Crippen LogP contribution in [0.2, 0.25) is 0 Å². The molecule has 2 N–H and O–H groups in total. The molecule has 0 unspecified atom stereocenters. The molecule has 0 aromatic heterocycles. The third-order valence-corrected chi connectivity index (χ3v) is 3.42. The number of hydrazone groups is 1. The number of carbonyl (C=O) groups is 2. The van der Waals surface area contributed by atoms with Gasteiger partial charge in [-0.2, -0.15) is 5.10 Å². The van der Waals surface area contributed by atoms with Crippen LogP contribution in [0.25, 0.3) is 0 Å². The normalized spacial score (nSPS) is 10.5. The third kappa shape index (κ3) is 5.46. The lowest BCUT2D eigenvalue weighted by molar-refractivity contribution is -0.136. The zero-order chi connectivity index (χ0) is 18.2. The lowest BCUT2D eigenvalue weighted by Gasteiger charge is -2.08. The number of hydrogen-bond donors (Lipinski definition) is 2. The van der Waals surface area contributed by atoms with Crippen molar-refractivity contribution in [3.63, 3.8) is 0 Å². The highest BCUT2D eigenvalue weighted by Crippen LogP contribution is 2.16. The predicted molar refractivity (Wildman–Crippen MR) is 97.9 cm³/mol. The van der Waals surface area contributed by atoms with E-state index in [0.717, 1.165) is 22.4 Å². The van der Waals surface area contributed by atoms with Crippen molar-refractivity contribution < 1.29 is 14.3 Å². The van der Waals surface area contributed by atoms with Gasteiger partial charge in [-0.25, -0.2) is 5.43 Å². The molecular formula is C19H21N3O3. The lowest BCUT2D eigenvalue weighted by atomic mass is 10.1. The highest BCUT2D eigenvalue weighted by atomic mass is 16.5. The molecule has 25 heavy (non-hydrogen) atoms. The lowest BCUT2D eigenvalue weighted by Crippen LogP contribution is -2.32. The van der Waals surface area contributed by atoms with E-state index in [2.05, 4.69) is 15.8 Å². The Bertz CT molecular complexity index is 783. The van der Waals surface area contributed by atoms with Crippen molar-refractivity contribution in [2.45, 2.75) is 20.8 Å². The van der Waals surface area contributed by atoms with E-state index in [4.69, 9.17) is 4.74 Å². The second-order valence-corrected chi connectivity index (χ2v) is 5.47. The Balaban J connectivity index is 1.90. The van der Waals surface area contributed by atoms with Gasteiger partial charge < -0.3 is 10.1 Å². The molecule has 0 aliphatic rings. The van der Waals surface area contributed by atoms with Crippen LogP contribution in [0, 0.1) is 13.8 Å².